The quantitative estimate of drug-likeness (QED) is 0.512. The maximum atomic E-state index is 9.31. The van der Waals surface area contributed by atoms with E-state index in [-0.39, 0.29) is 5.75 Å². The van der Waals surface area contributed by atoms with Gasteiger partial charge in [-0.05, 0) is 46.7 Å². The summed E-state index contributed by atoms with van der Waals surface area (Å²) in [5.74, 6) is 0.276. The Morgan fingerprint density at radius 2 is 1.52 bits per heavy atom. The van der Waals surface area contributed by atoms with E-state index in [9.17, 15) is 5.11 Å². The Kier molecular flexibility index (Phi) is 3.28. The number of phenolic OH excluding ortho intramolecular Hbond substituents is 1. The van der Waals surface area contributed by atoms with E-state index in [4.69, 9.17) is 4.98 Å². The minimum atomic E-state index is 0.276. The van der Waals surface area contributed by atoms with Crippen molar-refractivity contribution in [2.75, 3.05) is 0 Å². The first kappa shape index (κ1) is 13.5. The Morgan fingerprint density at radius 1 is 0.696 bits per heavy atom. The van der Waals surface area contributed by atoms with E-state index < -0.39 is 0 Å². The van der Waals surface area contributed by atoms with E-state index in [1.54, 1.807) is 12.1 Å². The van der Waals surface area contributed by atoms with Crippen LogP contribution < -0.4 is 0 Å². The molecule has 1 aromatic heterocycles. The summed E-state index contributed by atoms with van der Waals surface area (Å²) in [4.78, 5) is 4.72. The van der Waals surface area contributed by atoms with Gasteiger partial charge in [-0.2, -0.15) is 0 Å². The van der Waals surface area contributed by atoms with Crippen molar-refractivity contribution in [2.45, 2.75) is 0 Å². The zero-order valence-electron chi connectivity index (χ0n) is 12.5. The highest BCUT2D eigenvalue weighted by atomic mass is 16.3. The molecule has 0 atom stereocenters. The number of fused-ring (bicyclic) bond motifs is 3. The molecule has 110 valence electrons. The minimum absolute atomic E-state index is 0.276. The Bertz CT molecular complexity index is 1020. The third-order valence-electron chi connectivity index (χ3n) is 3.96. The van der Waals surface area contributed by atoms with Crippen LogP contribution in [-0.2, 0) is 0 Å². The number of rotatable bonds is 2. The molecular weight excluding hydrogens is 282 g/mol. The molecule has 0 spiro atoms. The molecule has 0 amide bonds. The molecule has 3 aromatic carbocycles. The van der Waals surface area contributed by atoms with Gasteiger partial charge >= 0.3 is 0 Å². The first-order valence-corrected chi connectivity index (χ1v) is 7.55. The predicted octanol–water partition coefficient (Wildman–Crippen LogP) is 5.26. The van der Waals surface area contributed by atoms with Crippen molar-refractivity contribution in [3.8, 4) is 5.75 Å². The van der Waals surface area contributed by atoms with Gasteiger partial charge in [0.2, 0.25) is 0 Å². The van der Waals surface area contributed by atoms with Crippen molar-refractivity contribution in [2.24, 2.45) is 0 Å². The van der Waals surface area contributed by atoms with E-state index in [2.05, 4.69) is 42.5 Å². The van der Waals surface area contributed by atoms with Crippen LogP contribution in [0.3, 0.4) is 0 Å². The molecule has 2 heteroatoms. The third-order valence-corrected chi connectivity index (χ3v) is 3.96. The predicted molar refractivity (Wildman–Crippen MR) is 96.3 cm³/mol. The fourth-order valence-corrected chi connectivity index (χ4v) is 2.76. The monoisotopic (exact) mass is 297 g/mol. The second-order valence-electron chi connectivity index (χ2n) is 5.51. The molecule has 0 saturated carbocycles. The molecule has 0 radical (unpaired) electrons. The van der Waals surface area contributed by atoms with E-state index in [0.29, 0.717) is 0 Å². The van der Waals surface area contributed by atoms with Crippen LogP contribution in [0.5, 0.6) is 5.75 Å². The molecular formula is C21H15NO. The van der Waals surface area contributed by atoms with Gasteiger partial charge in [0.15, 0.2) is 0 Å². The molecule has 0 fully saturated rings. The number of benzene rings is 3. The summed E-state index contributed by atoms with van der Waals surface area (Å²) >= 11 is 0. The van der Waals surface area contributed by atoms with Crippen LogP contribution in [0.4, 0.5) is 0 Å². The molecule has 0 saturated heterocycles. The molecule has 0 unspecified atom stereocenters. The topological polar surface area (TPSA) is 33.1 Å². The van der Waals surface area contributed by atoms with Crippen LogP contribution in [0, 0.1) is 0 Å². The summed E-state index contributed by atoms with van der Waals surface area (Å²) in [5, 5.41) is 12.9. The van der Waals surface area contributed by atoms with E-state index >= 15 is 0 Å². The van der Waals surface area contributed by atoms with Crippen LogP contribution in [0.25, 0.3) is 33.8 Å². The van der Waals surface area contributed by atoms with Crippen molar-refractivity contribution in [3.63, 3.8) is 0 Å². The standard InChI is InChI=1S/C21H15NO/c23-18-11-6-15(7-12-18)5-9-17-10-13-20-19-4-2-1-3-16(19)8-14-21(20)22-17/h1-14,23H/b9-5+. The first-order chi connectivity index (χ1) is 11.3. The average Bonchev–Trinajstić information content (AvgIpc) is 2.61. The van der Waals surface area contributed by atoms with Gasteiger partial charge in [0.05, 0.1) is 11.2 Å². The SMILES string of the molecule is Oc1ccc(/C=C/c2ccc3c(ccc4ccccc43)n2)cc1. The van der Waals surface area contributed by atoms with Gasteiger partial charge in [0.1, 0.15) is 5.75 Å². The molecule has 0 aliphatic rings. The molecule has 0 aliphatic carbocycles. The van der Waals surface area contributed by atoms with Gasteiger partial charge in [-0.15, -0.1) is 0 Å². The highest BCUT2D eigenvalue weighted by Crippen LogP contribution is 2.24. The van der Waals surface area contributed by atoms with Gasteiger partial charge in [-0.1, -0.05) is 54.6 Å². The lowest BCUT2D eigenvalue weighted by atomic mass is 10.0. The number of aromatic hydroxyl groups is 1. The minimum Gasteiger partial charge on any atom is -0.508 e. The van der Waals surface area contributed by atoms with Crippen LogP contribution in [0.2, 0.25) is 0 Å². The highest BCUT2D eigenvalue weighted by Gasteiger charge is 2.01. The average molecular weight is 297 g/mol. The summed E-state index contributed by atoms with van der Waals surface area (Å²) in [6.07, 6.45) is 3.98. The van der Waals surface area contributed by atoms with Crippen LogP contribution in [0.1, 0.15) is 11.3 Å². The third kappa shape index (κ3) is 2.67. The normalized spacial score (nSPS) is 11.5. The largest absolute Gasteiger partial charge is 0.508 e. The van der Waals surface area contributed by atoms with Gasteiger partial charge in [-0.25, -0.2) is 4.98 Å². The Hall–Kier alpha value is -3.13. The summed E-state index contributed by atoms with van der Waals surface area (Å²) in [6.45, 7) is 0. The zero-order chi connectivity index (χ0) is 15.6. The second kappa shape index (κ2) is 5.58. The van der Waals surface area contributed by atoms with Crippen LogP contribution in [-0.4, -0.2) is 10.1 Å². The molecule has 4 aromatic rings. The number of nitrogens with zero attached hydrogens (tertiary/aromatic N) is 1. The fraction of sp³-hybridized carbons (Fsp3) is 0. The number of hydrogen-bond donors (Lipinski definition) is 1. The highest BCUT2D eigenvalue weighted by molar-refractivity contribution is 6.06. The second-order valence-corrected chi connectivity index (χ2v) is 5.51. The first-order valence-electron chi connectivity index (χ1n) is 7.55. The summed E-state index contributed by atoms with van der Waals surface area (Å²) in [7, 11) is 0. The molecule has 23 heavy (non-hydrogen) atoms. The Morgan fingerprint density at radius 3 is 2.39 bits per heavy atom. The number of hydrogen-bond acceptors (Lipinski definition) is 2. The number of aromatic nitrogens is 1. The zero-order valence-corrected chi connectivity index (χ0v) is 12.5. The smallest absolute Gasteiger partial charge is 0.115 e. The summed E-state index contributed by atoms with van der Waals surface area (Å²) < 4.78 is 0. The van der Waals surface area contributed by atoms with Crippen molar-refractivity contribution >= 4 is 33.8 Å². The van der Waals surface area contributed by atoms with E-state index in [1.807, 2.05) is 30.4 Å². The fourth-order valence-electron chi connectivity index (χ4n) is 2.76. The summed E-state index contributed by atoms with van der Waals surface area (Å²) in [5.41, 5.74) is 2.95. The molecule has 0 aliphatic heterocycles. The van der Waals surface area contributed by atoms with E-state index in [0.717, 1.165) is 16.8 Å². The lowest BCUT2D eigenvalue weighted by Gasteiger charge is -2.04. The Balaban J connectivity index is 1.74. The van der Waals surface area contributed by atoms with Crippen LogP contribution in [0.15, 0.2) is 72.8 Å². The van der Waals surface area contributed by atoms with Gasteiger partial charge in [0.25, 0.3) is 0 Å². The van der Waals surface area contributed by atoms with Gasteiger partial charge in [0, 0.05) is 5.39 Å². The molecule has 4 rings (SSSR count). The molecule has 2 nitrogen and oxygen atoms in total. The van der Waals surface area contributed by atoms with Crippen LogP contribution >= 0.6 is 0 Å². The number of phenols is 1. The van der Waals surface area contributed by atoms with Gasteiger partial charge < -0.3 is 5.11 Å². The van der Waals surface area contributed by atoms with Crippen molar-refractivity contribution in [1.29, 1.82) is 0 Å². The lowest BCUT2D eigenvalue weighted by Crippen LogP contribution is -1.84. The molecule has 0 bridgehead atoms. The van der Waals surface area contributed by atoms with E-state index in [1.165, 1.54) is 16.2 Å². The lowest BCUT2D eigenvalue weighted by molar-refractivity contribution is 0.475. The van der Waals surface area contributed by atoms with Gasteiger partial charge in [-0.3, -0.25) is 0 Å². The number of pyridine rings is 1. The maximum absolute atomic E-state index is 9.31. The van der Waals surface area contributed by atoms with Crippen molar-refractivity contribution < 1.29 is 5.11 Å². The van der Waals surface area contributed by atoms with Crippen molar-refractivity contribution in [1.82, 2.24) is 4.98 Å². The Labute approximate surface area is 134 Å². The molecule has 1 heterocycles. The maximum Gasteiger partial charge on any atom is 0.115 e. The molecule has 1 N–H and O–H groups in total. The van der Waals surface area contributed by atoms with Crippen molar-refractivity contribution in [3.05, 3.63) is 84.1 Å². The summed E-state index contributed by atoms with van der Waals surface area (Å²) in [6, 6.07) is 23.8.